The molecule has 1 nitrogen and oxygen atoms in total. The molecule has 2 heteroatoms. The summed E-state index contributed by atoms with van der Waals surface area (Å²) in [6.45, 7) is 2.91. The lowest BCUT2D eigenvalue weighted by molar-refractivity contribution is -0.0186. The summed E-state index contributed by atoms with van der Waals surface area (Å²) in [5, 5.41) is 0. The minimum absolute atomic E-state index is 0.166. The van der Waals surface area contributed by atoms with E-state index in [4.69, 9.17) is 12.6 Å². The van der Waals surface area contributed by atoms with Crippen LogP contribution in [0.3, 0.4) is 0 Å². The minimum Gasteiger partial charge on any atom is -0.376 e. The molecule has 0 atom stereocenters. The summed E-state index contributed by atoms with van der Waals surface area (Å²) in [7, 11) is 5.34. The van der Waals surface area contributed by atoms with E-state index in [1.54, 1.807) is 0 Å². The zero-order valence-electron chi connectivity index (χ0n) is 6.73. The summed E-state index contributed by atoms with van der Waals surface area (Å²) >= 11 is 0. The smallest absolute Gasteiger partial charge is 0.0684 e. The van der Waals surface area contributed by atoms with Crippen LogP contribution in [-0.4, -0.2) is 20.1 Å². The van der Waals surface area contributed by atoms with Gasteiger partial charge in [0.2, 0.25) is 0 Å². The molecule has 0 aliphatic heterocycles. The predicted molar refractivity (Wildman–Crippen MR) is 43.4 cm³/mol. The van der Waals surface area contributed by atoms with Crippen molar-refractivity contribution in [2.45, 2.75) is 44.5 Å². The van der Waals surface area contributed by atoms with Crippen LogP contribution in [0.4, 0.5) is 0 Å². The second-order valence-corrected chi connectivity index (χ2v) is 3.29. The average molecular weight is 138 g/mol. The highest BCUT2D eigenvalue weighted by Gasteiger charge is 2.28. The summed E-state index contributed by atoms with van der Waals surface area (Å²) in [5.74, 6) is 0. The molecule has 1 aliphatic rings. The molecule has 0 N–H and O–H groups in total. The van der Waals surface area contributed by atoms with E-state index in [0.717, 1.165) is 6.61 Å². The molecule has 0 unspecified atom stereocenters. The van der Waals surface area contributed by atoms with Gasteiger partial charge < -0.3 is 4.74 Å². The molecule has 0 spiro atoms. The van der Waals surface area contributed by atoms with Crippen molar-refractivity contribution in [3.05, 3.63) is 0 Å². The fourth-order valence-electron chi connectivity index (χ4n) is 1.57. The summed E-state index contributed by atoms with van der Waals surface area (Å²) in [6.07, 6.45) is 5.72. The third-order valence-corrected chi connectivity index (χ3v) is 2.23. The van der Waals surface area contributed by atoms with E-state index in [1.807, 2.05) is 0 Å². The Labute approximate surface area is 64.6 Å². The monoisotopic (exact) mass is 138 g/mol. The van der Waals surface area contributed by atoms with Crippen molar-refractivity contribution in [3.63, 3.8) is 0 Å². The van der Waals surface area contributed by atoms with E-state index in [-0.39, 0.29) is 5.60 Å². The van der Waals surface area contributed by atoms with Gasteiger partial charge in [-0.1, -0.05) is 19.2 Å². The number of hydrogen-bond donors (Lipinski definition) is 0. The molecule has 0 bridgehead atoms. The molecule has 0 aromatic heterocycles. The third-order valence-electron chi connectivity index (χ3n) is 2.23. The van der Waals surface area contributed by atoms with Crippen molar-refractivity contribution in [2.75, 3.05) is 6.61 Å². The summed E-state index contributed by atoms with van der Waals surface area (Å²) in [4.78, 5) is 0. The maximum atomic E-state index is 5.61. The van der Waals surface area contributed by atoms with E-state index >= 15 is 0 Å². The molecular formula is C8H15BO. The first-order chi connectivity index (χ1) is 4.77. The Bertz CT molecular complexity index is 97.4. The lowest BCUT2D eigenvalue weighted by Crippen LogP contribution is -2.24. The van der Waals surface area contributed by atoms with Gasteiger partial charge in [0, 0.05) is 6.61 Å². The van der Waals surface area contributed by atoms with Crippen LogP contribution in [0.1, 0.15) is 32.6 Å². The third kappa shape index (κ3) is 2.01. The molecule has 0 amide bonds. The van der Waals surface area contributed by atoms with Crippen molar-refractivity contribution in [1.82, 2.24) is 0 Å². The molecule has 1 aliphatic carbocycles. The largest absolute Gasteiger partial charge is 0.376 e. The van der Waals surface area contributed by atoms with Crippen molar-refractivity contribution >= 4 is 7.85 Å². The number of rotatable bonds is 3. The van der Waals surface area contributed by atoms with Gasteiger partial charge in [0.1, 0.15) is 0 Å². The van der Waals surface area contributed by atoms with Crippen LogP contribution in [0.25, 0.3) is 0 Å². The molecule has 2 radical (unpaired) electrons. The van der Waals surface area contributed by atoms with Gasteiger partial charge in [-0.05, 0) is 19.8 Å². The highest BCUT2D eigenvalue weighted by molar-refractivity contribution is 6.08. The van der Waals surface area contributed by atoms with Crippen molar-refractivity contribution in [2.24, 2.45) is 0 Å². The van der Waals surface area contributed by atoms with Crippen molar-refractivity contribution in [1.29, 1.82) is 0 Å². The van der Waals surface area contributed by atoms with Gasteiger partial charge in [0.25, 0.3) is 0 Å². The Kier molecular flexibility index (Phi) is 2.78. The first-order valence-electron chi connectivity index (χ1n) is 4.11. The Hall–Kier alpha value is 0.0249. The van der Waals surface area contributed by atoms with Gasteiger partial charge in [0.05, 0.1) is 13.4 Å². The van der Waals surface area contributed by atoms with Crippen LogP contribution in [-0.2, 0) is 4.74 Å². The van der Waals surface area contributed by atoms with Gasteiger partial charge in [-0.15, -0.1) is 0 Å². The average Bonchev–Trinajstić information content (AvgIpc) is 2.33. The van der Waals surface area contributed by atoms with Crippen LogP contribution in [0.15, 0.2) is 0 Å². The van der Waals surface area contributed by atoms with E-state index in [9.17, 15) is 0 Å². The Morgan fingerprint density at radius 2 is 2.00 bits per heavy atom. The lowest BCUT2D eigenvalue weighted by atomic mass is 10.0. The molecule has 56 valence electrons. The van der Waals surface area contributed by atoms with E-state index in [1.165, 1.54) is 25.7 Å². The molecule has 0 aromatic carbocycles. The minimum atomic E-state index is 0.166. The highest BCUT2D eigenvalue weighted by Crippen LogP contribution is 2.32. The van der Waals surface area contributed by atoms with Crippen LogP contribution < -0.4 is 0 Å². The molecule has 1 rings (SSSR count). The molecular weight excluding hydrogens is 123 g/mol. The fourth-order valence-corrected chi connectivity index (χ4v) is 1.57. The van der Waals surface area contributed by atoms with Gasteiger partial charge >= 0.3 is 0 Å². The predicted octanol–water partition coefficient (Wildman–Crippen LogP) is 1.92. The SMILES string of the molecule is [B]CCOC1(C)CCCC1. The van der Waals surface area contributed by atoms with Crippen LogP contribution in [0.5, 0.6) is 0 Å². The zero-order valence-corrected chi connectivity index (χ0v) is 6.73. The number of hydrogen-bond acceptors (Lipinski definition) is 1. The van der Waals surface area contributed by atoms with Gasteiger partial charge in [-0.3, -0.25) is 0 Å². The summed E-state index contributed by atoms with van der Waals surface area (Å²) < 4.78 is 5.61. The number of ether oxygens (including phenoxy) is 1. The zero-order chi connectivity index (χ0) is 7.45. The topological polar surface area (TPSA) is 9.23 Å². The molecule has 1 fully saturated rings. The molecule has 10 heavy (non-hydrogen) atoms. The normalized spacial score (nSPS) is 23.3. The van der Waals surface area contributed by atoms with Crippen LogP contribution in [0, 0.1) is 0 Å². The first kappa shape index (κ1) is 8.12. The second kappa shape index (κ2) is 3.43. The van der Waals surface area contributed by atoms with E-state index < -0.39 is 0 Å². The quantitative estimate of drug-likeness (QED) is 0.541. The standard InChI is InChI=1S/C8H15BO/c1-8(10-7-6-9)4-2-3-5-8/h2-7H2,1H3. The molecule has 0 aromatic rings. The first-order valence-corrected chi connectivity index (χ1v) is 4.11. The molecule has 0 saturated heterocycles. The van der Waals surface area contributed by atoms with Crippen molar-refractivity contribution < 1.29 is 4.74 Å². The van der Waals surface area contributed by atoms with Gasteiger partial charge in [-0.25, -0.2) is 0 Å². The summed E-state index contributed by atoms with van der Waals surface area (Å²) in [5.41, 5.74) is 0.166. The molecule has 1 saturated carbocycles. The van der Waals surface area contributed by atoms with Crippen molar-refractivity contribution in [3.8, 4) is 0 Å². The lowest BCUT2D eigenvalue weighted by Gasteiger charge is -2.23. The maximum absolute atomic E-state index is 5.61. The Morgan fingerprint density at radius 1 is 1.40 bits per heavy atom. The van der Waals surface area contributed by atoms with Crippen LogP contribution in [0.2, 0.25) is 6.32 Å². The molecule has 0 heterocycles. The highest BCUT2D eigenvalue weighted by atomic mass is 16.5. The van der Waals surface area contributed by atoms with E-state index in [2.05, 4.69) is 6.92 Å². The summed E-state index contributed by atoms with van der Waals surface area (Å²) in [6, 6.07) is 0. The van der Waals surface area contributed by atoms with Gasteiger partial charge in [-0.2, -0.15) is 0 Å². The Morgan fingerprint density at radius 3 is 2.50 bits per heavy atom. The van der Waals surface area contributed by atoms with E-state index in [0.29, 0.717) is 6.32 Å². The van der Waals surface area contributed by atoms with Crippen LogP contribution >= 0.6 is 0 Å². The maximum Gasteiger partial charge on any atom is 0.0684 e. The Balaban J connectivity index is 2.22. The van der Waals surface area contributed by atoms with Gasteiger partial charge in [0.15, 0.2) is 0 Å². The second-order valence-electron chi connectivity index (χ2n) is 3.29. The fraction of sp³-hybridized carbons (Fsp3) is 1.00.